The minimum atomic E-state index is 0.209. The summed E-state index contributed by atoms with van der Waals surface area (Å²) in [5, 5.41) is 5.09. The van der Waals surface area contributed by atoms with Crippen molar-refractivity contribution < 1.29 is 4.79 Å². The molecule has 10 rings (SSSR count). The fraction of sp³-hybridized carbons (Fsp3) is 0.341. The van der Waals surface area contributed by atoms with Crippen molar-refractivity contribution in [2.45, 2.75) is 44.3 Å². The zero-order chi connectivity index (χ0) is 39.0. The van der Waals surface area contributed by atoms with Crippen LogP contribution in [0.1, 0.15) is 73.0 Å². The Hall–Kier alpha value is -4.75. The van der Waals surface area contributed by atoms with Crippen molar-refractivity contribution in [3.63, 3.8) is 0 Å². The number of nitrogens with zero attached hydrogens (tertiary/aromatic N) is 7. The number of rotatable bonds is 5. The van der Waals surface area contributed by atoms with Crippen molar-refractivity contribution in [2.75, 3.05) is 52.4 Å². The summed E-state index contributed by atoms with van der Waals surface area (Å²) in [6.07, 6.45) is 15.3. The molecule has 6 heterocycles. The molecule has 13 heteroatoms. The van der Waals surface area contributed by atoms with Gasteiger partial charge in [0.05, 0.1) is 48.0 Å². The Kier molecular flexibility index (Phi) is 12.8. The van der Waals surface area contributed by atoms with E-state index in [4.69, 9.17) is 33.2 Å². The number of piperazine rings is 2. The van der Waals surface area contributed by atoms with Gasteiger partial charge in [0.1, 0.15) is 0 Å². The number of benzene rings is 2. The molecule has 2 aliphatic heterocycles. The molecule has 57 heavy (non-hydrogen) atoms. The first kappa shape index (κ1) is 39.1. The smallest absolute Gasteiger partial charge is 0.167 e. The van der Waals surface area contributed by atoms with Gasteiger partial charge in [0, 0.05) is 93.2 Å². The van der Waals surface area contributed by atoms with Gasteiger partial charge in [0.25, 0.3) is 0 Å². The zero-order valence-electron chi connectivity index (χ0n) is 32.0. The van der Waals surface area contributed by atoms with Crippen molar-refractivity contribution in [1.29, 1.82) is 0 Å². The normalized spacial score (nSPS) is 19.5. The number of fused-ring (bicyclic) bond motifs is 4. The second-order valence-electron chi connectivity index (χ2n) is 14.9. The number of carbonyl (C=O) groups is 1. The van der Waals surface area contributed by atoms with E-state index in [0.29, 0.717) is 12.0 Å². The Bertz CT molecular complexity index is 2220. The van der Waals surface area contributed by atoms with Crippen LogP contribution in [0.3, 0.4) is 0 Å². The lowest BCUT2D eigenvalue weighted by Crippen LogP contribution is -2.47. The monoisotopic (exact) mass is 802 g/mol. The summed E-state index contributed by atoms with van der Waals surface area (Å²) in [6.45, 7) is 9.27. The molecule has 2 aliphatic carbocycles. The molecule has 0 radical (unpaired) electrons. The van der Waals surface area contributed by atoms with E-state index in [-0.39, 0.29) is 12.1 Å². The maximum absolute atomic E-state index is 9.80. The van der Waals surface area contributed by atoms with Gasteiger partial charge < -0.3 is 15.3 Å². The average Bonchev–Trinajstić information content (AvgIpc) is 3.93. The molecule has 6 aromatic rings. The highest BCUT2D eigenvalue weighted by Crippen LogP contribution is 2.38. The van der Waals surface area contributed by atoms with Crippen LogP contribution in [0.4, 0.5) is 0 Å². The largest absolute Gasteiger partial charge is 0.347 e. The van der Waals surface area contributed by atoms with E-state index in [2.05, 4.69) is 88.5 Å². The van der Waals surface area contributed by atoms with E-state index in [1.165, 1.54) is 63.0 Å². The molecule has 4 aromatic heterocycles. The van der Waals surface area contributed by atoms with Crippen LogP contribution in [-0.4, -0.2) is 103 Å². The van der Waals surface area contributed by atoms with Crippen LogP contribution >= 0.6 is 23.2 Å². The topological polar surface area (TPSA) is 122 Å². The van der Waals surface area contributed by atoms with Gasteiger partial charge in [0.15, 0.2) is 6.29 Å². The van der Waals surface area contributed by atoms with Gasteiger partial charge >= 0.3 is 0 Å². The number of nitrogens with one attached hydrogen (secondary N) is 3. The van der Waals surface area contributed by atoms with Crippen molar-refractivity contribution in [2.24, 2.45) is 0 Å². The van der Waals surface area contributed by atoms with Gasteiger partial charge in [-0.25, -0.2) is 9.97 Å². The Morgan fingerprint density at radius 3 is 1.70 bits per heavy atom. The van der Waals surface area contributed by atoms with Crippen LogP contribution in [0.25, 0.3) is 0 Å². The average molecular weight is 804 g/mol. The summed E-state index contributed by atoms with van der Waals surface area (Å²) >= 11 is 12.6. The predicted octanol–water partition coefficient (Wildman–Crippen LogP) is 6.51. The number of hydrogen-bond donors (Lipinski definition) is 3. The highest BCUT2D eigenvalue weighted by molar-refractivity contribution is 6.31. The summed E-state index contributed by atoms with van der Waals surface area (Å²) in [5.41, 5.74) is 12.3. The molecule has 2 aromatic carbocycles. The number of aromatic amines is 2. The summed E-state index contributed by atoms with van der Waals surface area (Å²) in [4.78, 5) is 40.6. The van der Waals surface area contributed by atoms with E-state index < -0.39 is 0 Å². The van der Waals surface area contributed by atoms with E-state index in [1.807, 2.05) is 30.7 Å². The number of pyridine rings is 2. The second-order valence-corrected chi connectivity index (χ2v) is 15.8. The summed E-state index contributed by atoms with van der Waals surface area (Å²) in [7, 11) is 0. The molecule has 0 saturated carbocycles. The van der Waals surface area contributed by atoms with Crippen molar-refractivity contribution >= 4 is 29.5 Å². The number of aryl methyl sites for hydroxylation is 4. The number of carbonyl (C=O) groups excluding carboxylic acids is 1. The quantitative estimate of drug-likeness (QED) is 0.168. The second kappa shape index (κ2) is 18.7. The molecule has 0 spiro atoms. The molecular formula is C44H48Cl2N10O. The van der Waals surface area contributed by atoms with Gasteiger partial charge in [-0.05, 0) is 95.5 Å². The lowest BCUT2D eigenvalue weighted by atomic mass is 9.96. The number of hydrogen-bond acceptors (Lipinski definition) is 9. The maximum Gasteiger partial charge on any atom is 0.167 e. The van der Waals surface area contributed by atoms with Gasteiger partial charge in [-0.1, -0.05) is 47.5 Å². The van der Waals surface area contributed by atoms with Gasteiger partial charge in [-0.3, -0.25) is 29.5 Å². The van der Waals surface area contributed by atoms with Crippen LogP contribution in [0.2, 0.25) is 10.0 Å². The molecule has 4 aliphatic rings. The van der Waals surface area contributed by atoms with Crippen LogP contribution in [0.5, 0.6) is 0 Å². The molecule has 0 amide bonds. The Balaban J connectivity index is 0.000000139. The van der Waals surface area contributed by atoms with Crippen molar-refractivity contribution in [3.8, 4) is 0 Å². The molecular weight excluding hydrogens is 755 g/mol. The first-order chi connectivity index (χ1) is 28.0. The highest BCUT2D eigenvalue weighted by Gasteiger charge is 2.33. The minimum absolute atomic E-state index is 0.209. The summed E-state index contributed by atoms with van der Waals surface area (Å²) in [5.74, 6) is 0. The van der Waals surface area contributed by atoms with E-state index in [0.717, 1.165) is 94.6 Å². The standard InChI is InChI=1S/C22H24ClN5.C18H20ClN3.C4H4N2O/c23-18-5-6-20-17(12-18)4-3-16-2-1-7-25-21(16)22(20)28-10-8-27(9-11-28)14-19-13-24-15-26-19;19-15-5-6-16-14(12-15)4-3-13-2-1-7-21-17(13)18(16)22-10-8-20-9-11-22;7-2-4-1-5-3-6-4/h1-2,5-7,12-13,15,22H,3-4,8-11,14H2,(H,24,26);1-2,5-7,12,18,20H,3-4,8-11H2;1-3H,(H,5,6). The fourth-order valence-electron chi connectivity index (χ4n) is 8.57. The predicted molar refractivity (Wildman–Crippen MR) is 224 cm³/mol. The lowest BCUT2D eigenvalue weighted by Gasteiger charge is -2.39. The minimum Gasteiger partial charge on any atom is -0.347 e. The molecule has 11 nitrogen and oxygen atoms in total. The summed E-state index contributed by atoms with van der Waals surface area (Å²) in [6, 6.07) is 21.8. The first-order valence-corrected chi connectivity index (χ1v) is 20.6. The molecule has 0 bridgehead atoms. The lowest BCUT2D eigenvalue weighted by molar-refractivity contribution is 0.102. The molecule has 294 valence electrons. The van der Waals surface area contributed by atoms with E-state index in [1.54, 1.807) is 6.33 Å². The number of aldehydes is 1. The van der Waals surface area contributed by atoms with Crippen molar-refractivity contribution in [3.05, 3.63) is 164 Å². The van der Waals surface area contributed by atoms with E-state index >= 15 is 0 Å². The third kappa shape index (κ3) is 9.36. The van der Waals surface area contributed by atoms with Crippen LogP contribution in [-0.2, 0) is 32.2 Å². The first-order valence-electron chi connectivity index (χ1n) is 19.8. The highest BCUT2D eigenvalue weighted by atomic mass is 35.5. The van der Waals surface area contributed by atoms with Gasteiger partial charge in [0.2, 0.25) is 0 Å². The molecule has 2 unspecified atom stereocenters. The number of aromatic nitrogens is 6. The third-order valence-corrected chi connectivity index (χ3v) is 11.9. The van der Waals surface area contributed by atoms with E-state index in [9.17, 15) is 4.79 Å². The Morgan fingerprint density at radius 1 is 0.649 bits per heavy atom. The molecule has 2 saturated heterocycles. The van der Waals surface area contributed by atoms with Gasteiger partial charge in [-0.2, -0.15) is 0 Å². The number of H-pyrrole nitrogens is 2. The molecule has 2 atom stereocenters. The number of imidazole rings is 2. The number of halogens is 2. The molecule has 2 fully saturated rings. The third-order valence-electron chi connectivity index (χ3n) is 11.4. The van der Waals surface area contributed by atoms with Crippen LogP contribution < -0.4 is 5.32 Å². The van der Waals surface area contributed by atoms with Crippen molar-refractivity contribution in [1.82, 2.24) is 49.9 Å². The Morgan fingerprint density at radius 2 is 1.19 bits per heavy atom. The van der Waals surface area contributed by atoms with Crippen LogP contribution in [0, 0.1) is 0 Å². The maximum atomic E-state index is 9.80. The summed E-state index contributed by atoms with van der Waals surface area (Å²) < 4.78 is 0. The molecule has 3 N–H and O–H groups in total. The Labute approximate surface area is 343 Å². The van der Waals surface area contributed by atoms with Gasteiger partial charge in [-0.15, -0.1) is 0 Å². The zero-order valence-corrected chi connectivity index (χ0v) is 33.5. The fourth-order valence-corrected chi connectivity index (χ4v) is 8.96. The SMILES string of the molecule is Clc1ccc2c(c1)CCc1cccnc1C2N1CCN(Cc2cnc[nH]2)CC1.Clc1ccc2c(c1)CCc1cccnc1C2N1CCNCC1.O=Cc1cnc[nH]1. The van der Waals surface area contributed by atoms with Crippen LogP contribution in [0.15, 0.2) is 98.1 Å².